The lowest BCUT2D eigenvalue weighted by atomic mass is 10.0. The minimum absolute atomic E-state index is 0.318. The number of nitrogens with one attached hydrogen (secondary N) is 1. The van der Waals surface area contributed by atoms with Crippen molar-refractivity contribution in [2.75, 3.05) is 17.1 Å². The molecule has 0 heterocycles. The number of sulfonamides is 1. The van der Waals surface area contributed by atoms with Crippen molar-refractivity contribution < 1.29 is 17.9 Å². The first-order valence-electron chi connectivity index (χ1n) is 12.3. The van der Waals surface area contributed by atoms with E-state index in [-0.39, 0.29) is 6.54 Å². The van der Waals surface area contributed by atoms with Gasteiger partial charge in [0.2, 0.25) is 10.0 Å². The van der Waals surface area contributed by atoms with Gasteiger partial charge in [-0.3, -0.25) is 9.10 Å². The van der Waals surface area contributed by atoms with Gasteiger partial charge in [-0.15, -0.1) is 0 Å². The van der Waals surface area contributed by atoms with E-state index >= 15 is 0 Å². The van der Waals surface area contributed by atoms with Crippen LogP contribution in [0.25, 0.3) is 10.8 Å². The third-order valence-corrected chi connectivity index (χ3v) is 7.23. The molecule has 0 aliphatic heterocycles. The van der Waals surface area contributed by atoms with E-state index in [0.29, 0.717) is 24.0 Å². The summed E-state index contributed by atoms with van der Waals surface area (Å²) in [7, 11) is -3.66. The Hall–Kier alpha value is -4.17. The van der Waals surface area contributed by atoms with Crippen LogP contribution in [-0.2, 0) is 21.4 Å². The molecule has 0 saturated carbocycles. The summed E-state index contributed by atoms with van der Waals surface area (Å²) in [5, 5.41) is 6.31. The molecule has 0 unspecified atom stereocenters. The summed E-state index contributed by atoms with van der Waals surface area (Å²) >= 11 is 0. The van der Waals surface area contributed by atoms with Crippen molar-refractivity contribution in [2.24, 2.45) is 5.10 Å². The summed E-state index contributed by atoms with van der Waals surface area (Å²) in [4.78, 5) is 12.5. The first-order chi connectivity index (χ1) is 18.2. The normalized spacial score (nSPS) is 11.7. The molecule has 8 heteroatoms. The molecule has 0 saturated heterocycles. The van der Waals surface area contributed by atoms with E-state index in [1.54, 1.807) is 12.1 Å². The van der Waals surface area contributed by atoms with Crippen molar-refractivity contribution in [1.82, 2.24) is 5.43 Å². The molecule has 7 nitrogen and oxygen atoms in total. The molecular formula is C30H31N3O4S. The minimum atomic E-state index is -3.66. The maximum atomic E-state index is 12.5. The van der Waals surface area contributed by atoms with E-state index in [9.17, 15) is 13.2 Å². The van der Waals surface area contributed by atoms with E-state index in [0.717, 1.165) is 32.6 Å². The second kappa shape index (κ2) is 11.9. The first-order valence-corrected chi connectivity index (χ1v) is 14.1. The fourth-order valence-corrected chi connectivity index (χ4v) is 4.86. The van der Waals surface area contributed by atoms with Crippen LogP contribution in [0.15, 0.2) is 96.1 Å². The Balaban J connectivity index is 1.33. The van der Waals surface area contributed by atoms with Gasteiger partial charge in [-0.2, -0.15) is 5.10 Å². The number of ether oxygens (including phenoxy) is 1. The quantitative estimate of drug-likeness (QED) is 0.218. The zero-order chi connectivity index (χ0) is 27.1. The van der Waals surface area contributed by atoms with Gasteiger partial charge in [0.05, 0.1) is 18.2 Å². The van der Waals surface area contributed by atoms with Gasteiger partial charge < -0.3 is 4.74 Å². The van der Waals surface area contributed by atoms with Crippen LogP contribution in [0.4, 0.5) is 5.69 Å². The number of carbonyl (C=O) groups excluding carboxylic acids is 1. The summed E-state index contributed by atoms with van der Waals surface area (Å²) in [6.45, 7) is 4.18. The SMILES string of the molecule is CC(C)c1ccc(N(CC(=O)N/N=C\c2ccc(OCc3cccc4ccccc34)cc2)S(C)(=O)=O)cc1. The summed E-state index contributed by atoms with van der Waals surface area (Å²) < 4.78 is 31.7. The van der Waals surface area contributed by atoms with E-state index in [1.165, 1.54) is 11.6 Å². The molecular weight excluding hydrogens is 498 g/mol. The number of anilines is 1. The number of amides is 1. The summed E-state index contributed by atoms with van der Waals surface area (Å²) in [5.41, 5.74) is 5.78. The van der Waals surface area contributed by atoms with Crippen LogP contribution in [-0.4, -0.2) is 33.3 Å². The molecule has 0 atom stereocenters. The monoisotopic (exact) mass is 529 g/mol. The number of hydrogen-bond donors (Lipinski definition) is 1. The second-order valence-corrected chi connectivity index (χ2v) is 11.2. The van der Waals surface area contributed by atoms with Crippen LogP contribution in [0.5, 0.6) is 5.75 Å². The zero-order valence-corrected chi connectivity index (χ0v) is 22.5. The van der Waals surface area contributed by atoms with Crippen LogP contribution in [0.1, 0.15) is 36.5 Å². The average Bonchev–Trinajstić information content (AvgIpc) is 2.90. The van der Waals surface area contributed by atoms with Crippen molar-refractivity contribution in [3.63, 3.8) is 0 Å². The molecule has 0 spiro atoms. The van der Waals surface area contributed by atoms with Crippen molar-refractivity contribution in [3.8, 4) is 5.75 Å². The van der Waals surface area contributed by atoms with Gasteiger partial charge in [-0.1, -0.05) is 68.4 Å². The molecule has 0 aromatic heterocycles. The van der Waals surface area contributed by atoms with Crippen molar-refractivity contribution in [3.05, 3.63) is 108 Å². The summed E-state index contributed by atoms with van der Waals surface area (Å²) in [5.74, 6) is 0.485. The number of carbonyl (C=O) groups is 1. The lowest BCUT2D eigenvalue weighted by Gasteiger charge is -2.21. The molecule has 196 valence electrons. The molecule has 4 aromatic carbocycles. The number of benzene rings is 4. The highest BCUT2D eigenvalue weighted by Crippen LogP contribution is 2.22. The number of fused-ring (bicyclic) bond motifs is 1. The van der Waals surface area contributed by atoms with Gasteiger partial charge >= 0.3 is 0 Å². The Bertz CT molecular complexity index is 1530. The van der Waals surface area contributed by atoms with Gasteiger partial charge in [0.25, 0.3) is 5.91 Å². The van der Waals surface area contributed by atoms with Crippen molar-refractivity contribution in [2.45, 2.75) is 26.4 Å². The lowest BCUT2D eigenvalue weighted by Crippen LogP contribution is -2.39. The minimum Gasteiger partial charge on any atom is -0.489 e. The molecule has 0 aliphatic carbocycles. The topological polar surface area (TPSA) is 88.1 Å². The zero-order valence-electron chi connectivity index (χ0n) is 21.7. The molecule has 1 amide bonds. The van der Waals surface area contributed by atoms with E-state index in [4.69, 9.17) is 4.74 Å². The summed E-state index contributed by atoms with van der Waals surface area (Å²) in [6.07, 6.45) is 2.57. The van der Waals surface area contributed by atoms with E-state index in [1.807, 2.05) is 54.6 Å². The number of hydrazone groups is 1. The lowest BCUT2D eigenvalue weighted by molar-refractivity contribution is -0.119. The molecule has 0 radical (unpaired) electrons. The highest BCUT2D eigenvalue weighted by atomic mass is 32.2. The Morgan fingerprint density at radius 3 is 2.32 bits per heavy atom. The fourth-order valence-electron chi connectivity index (χ4n) is 4.00. The Morgan fingerprint density at radius 2 is 1.63 bits per heavy atom. The maximum Gasteiger partial charge on any atom is 0.260 e. The molecule has 1 N–H and O–H groups in total. The predicted octanol–water partition coefficient (Wildman–Crippen LogP) is 5.46. The number of rotatable bonds is 10. The predicted molar refractivity (Wildman–Crippen MR) is 153 cm³/mol. The van der Waals surface area contributed by atoms with Gasteiger partial charge in [-0.25, -0.2) is 13.8 Å². The van der Waals surface area contributed by atoms with Gasteiger partial charge in [0.1, 0.15) is 18.9 Å². The average molecular weight is 530 g/mol. The third kappa shape index (κ3) is 6.98. The van der Waals surface area contributed by atoms with Crippen molar-refractivity contribution >= 4 is 38.6 Å². The van der Waals surface area contributed by atoms with Crippen LogP contribution < -0.4 is 14.5 Å². The fraction of sp³-hybridized carbons (Fsp3) is 0.200. The first kappa shape index (κ1) is 26.9. The van der Waals surface area contributed by atoms with Gasteiger partial charge in [0.15, 0.2) is 0 Å². The van der Waals surface area contributed by atoms with Gasteiger partial charge in [0, 0.05) is 0 Å². The van der Waals surface area contributed by atoms with E-state index < -0.39 is 15.9 Å². The van der Waals surface area contributed by atoms with Crippen molar-refractivity contribution in [1.29, 1.82) is 0 Å². The smallest absolute Gasteiger partial charge is 0.260 e. The molecule has 0 fully saturated rings. The molecule has 4 aromatic rings. The molecule has 38 heavy (non-hydrogen) atoms. The Kier molecular flexibility index (Phi) is 8.43. The standard InChI is InChI=1S/C30H31N3O4S/c1-22(2)24-13-15-27(16-14-24)33(38(3,35)36)20-30(34)32-31-19-23-11-17-28(18-12-23)37-21-26-9-6-8-25-7-4-5-10-29(25)26/h4-19,22H,20-21H2,1-3H3,(H,32,34)/b31-19-. The molecule has 4 rings (SSSR count). The van der Waals surface area contributed by atoms with Gasteiger partial charge in [-0.05, 0) is 69.8 Å². The van der Waals surface area contributed by atoms with Crippen LogP contribution >= 0.6 is 0 Å². The van der Waals surface area contributed by atoms with Crippen LogP contribution in [0.2, 0.25) is 0 Å². The maximum absolute atomic E-state index is 12.5. The second-order valence-electron chi connectivity index (χ2n) is 9.31. The number of hydrogen-bond acceptors (Lipinski definition) is 5. The van der Waals surface area contributed by atoms with Crippen LogP contribution in [0, 0.1) is 0 Å². The van der Waals surface area contributed by atoms with E-state index in [2.05, 4.69) is 48.6 Å². The Labute approximate surface area is 223 Å². The largest absolute Gasteiger partial charge is 0.489 e. The molecule has 0 bridgehead atoms. The third-order valence-electron chi connectivity index (χ3n) is 6.09. The highest BCUT2D eigenvalue weighted by Gasteiger charge is 2.20. The number of nitrogens with zero attached hydrogens (tertiary/aromatic N) is 2. The highest BCUT2D eigenvalue weighted by molar-refractivity contribution is 7.92. The summed E-state index contributed by atoms with van der Waals surface area (Å²) in [6, 6.07) is 28.8. The molecule has 0 aliphatic rings. The Morgan fingerprint density at radius 1 is 0.947 bits per heavy atom. The van der Waals surface area contributed by atoms with Crippen LogP contribution in [0.3, 0.4) is 0 Å².